The van der Waals surface area contributed by atoms with Gasteiger partial charge in [0.05, 0.1) is 6.26 Å². The lowest BCUT2D eigenvalue weighted by molar-refractivity contribution is 0.193. The third-order valence-corrected chi connectivity index (χ3v) is 3.79. The number of piperidine rings is 1. The monoisotopic (exact) mass is 207 g/mol. The summed E-state index contributed by atoms with van der Waals surface area (Å²) in [4.78, 5) is 0. The Balaban J connectivity index is 2.67. The standard InChI is InChI=1S/C8H17NO3S/c1-13(11,12)9-6-3-2-4-8(9)5-7-10/h8,10H,2-7H2,1H3. The van der Waals surface area contributed by atoms with Gasteiger partial charge in [-0.05, 0) is 19.3 Å². The number of hydrogen-bond donors (Lipinski definition) is 1. The molecule has 1 rings (SSSR count). The molecule has 13 heavy (non-hydrogen) atoms. The number of aliphatic hydroxyl groups is 1. The van der Waals surface area contributed by atoms with E-state index in [0.717, 1.165) is 19.3 Å². The molecule has 0 aliphatic carbocycles. The number of hydrogen-bond acceptors (Lipinski definition) is 3. The van der Waals surface area contributed by atoms with E-state index in [2.05, 4.69) is 0 Å². The summed E-state index contributed by atoms with van der Waals surface area (Å²) in [5.74, 6) is 0. The van der Waals surface area contributed by atoms with Crippen molar-refractivity contribution in [1.29, 1.82) is 0 Å². The summed E-state index contributed by atoms with van der Waals surface area (Å²) in [6, 6.07) is 0.0220. The molecular weight excluding hydrogens is 190 g/mol. The van der Waals surface area contributed by atoms with Crippen molar-refractivity contribution in [2.24, 2.45) is 0 Å². The Morgan fingerprint density at radius 3 is 2.69 bits per heavy atom. The summed E-state index contributed by atoms with van der Waals surface area (Å²) in [5, 5.41) is 8.78. The first-order chi connectivity index (χ1) is 6.05. The lowest BCUT2D eigenvalue weighted by atomic mass is 10.0. The molecule has 1 aliphatic heterocycles. The second kappa shape index (κ2) is 4.39. The Morgan fingerprint density at radius 1 is 1.46 bits per heavy atom. The van der Waals surface area contributed by atoms with E-state index < -0.39 is 10.0 Å². The van der Waals surface area contributed by atoms with E-state index in [1.807, 2.05) is 0 Å². The van der Waals surface area contributed by atoms with Crippen LogP contribution >= 0.6 is 0 Å². The third kappa shape index (κ3) is 2.93. The molecule has 1 unspecified atom stereocenters. The van der Waals surface area contributed by atoms with Gasteiger partial charge in [0.15, 0.2) is 0 Å². The Labute approximate surface area is 79.6 Å². The zero-order valence-corrected chi connectivity index (χ0v) is 8.76. The minimum atomic E-state index is -3.08. The van der Waals surface area contributed by atoms with E-state index in [1.54, 1.807) is 0 Å². The highest BCUT2D eigenvalue weighted by molar-refractivity contribution is 7.88. The molecule has 0 radical (unpaired) electrons. The summed E-state index contributed by atoms with van der Waals surface area (Å²) < 4.78 is 24.2. The number of nitrogens with zero attached hydrogens (tertiary/aromatic N) is 1. The van der Waals surface area contributed by atoms with Gasteiger partial charge in [0, 0.05) is 19.2 Å². The maximum Gasteiger partial charge on any atom is 0.211 e. The Bertz CT molecular complexity index is 248. The molecule has 0 aromatic heterocycles. The van der Waals surface area contributed by atoms with E-state index in [9.17, 15) is 8.42 Å². The summed E-state index contributed by atoms with van der Waals surface area (Å²) in [6.07, 6.45) is 4.69. The number of aliphatic hydroxyl groups excluding tert-OH is 1. The SMILES string of the molecule is CS(=O)(=O)N1CCCCC1CCO. The van der Waals surface area contributed by atoms with Crippen LogP contribution in [0.3, 0.4) is 0 Å². The fourth-order valence-corrected chi connectivity index (χ4v) is 3.06. The number of sulfonamides is 1. The van der Waals surface area contributed by atoms with E-state index in [0.29, 0.717) is 13.0 Å². The predicted octanol–water partition coefficient (Wildman–Crippen LogP) is 0.183. The fourth-order valence-electron chi connectivity index (χ4n) is 1.85. The third-order valence-electron chi connectivity index (χ3n) is 2.46. The van der Waals surface area contributed by atoms with Crippen molar-refractivity contribution in [2.45, 2.75) is 31.7 Å². The van der Waals surface area contributed by atoms with Crippen LogP contribution in [0.25, 0.3) is 0 Å². The molecule has 0 aromatic rings. The van der Waals surface area contributed by atoms with Crippen molar-refractivity contribution in [3.8, 4) is 0 Å². The van der Waals surface area contributed by atoms with Crippen molar-refractivity contribution in [3.05, 3.63) is 0 Å². The molecule has 4 nitrogen and oxygen atoms in total. The predicted molar refractivity (Wildman–Crippen MR) is 50.9 cm³/mol. The first kappa shape index (κ1) is 10.9. The van der Waals surface area contributed by atoms with Crippen LogP contribution in [0.15, 0.2) is 0 Å². The minimum Gasteiger partial charge on any atom is -0.396 e. The van der Waals surface area contributed by atoms with Crippen LogP contribution in [0.2, 0.25) is 0 Å². The second-order valence-electron chi connectivity index (χ2n) is 3.54. The van der Waals surface area contributed by atoms with Gasteiger partial charge in [0.1, 0.15) is 0 Å². The molecule has 1 saturated heterocycles. The molecular formula is C8H17NO3S. The maximum absolute atomic E-state index is 11.3. The molecule has 78 valence electrons. The molecule has 1 heterocycles. The summed E-state index contributed by atoms with van der Waals surface area (Å²) in [7, 11) is -3.08. The van der Waals surface area contributed by atoms with Gasteiger partial charge in [0.2, 0.25) is 10.0 Å². The van der Waals surface area contributed by atoms with Crippen LogP contribution in [0.5, 0.6) is 0 Å². The lowest BCUT2D eigenvalue weighted by Gasteiger charge is -2.33. The average molecular weight is 207 g/mol. The van der Waals surface area contributed by atoms with Crippen LogP contribution in [-0.4, -0.2) is 43.3 Å². The highest BCUT2D eigenvalue weighted by Crippen LogP contribution is 2.21. The molecule has 0 aromatic carbocycles. The highest BCUT2D eigenvalue weighted by atomic mass is 32.2. The van der Waals surface area contributed by atoms with Gasteiger partial charge in [-0.15, -0.1) is 0 Å². The van der Waals surface area contributed by atoms with Gasteiger partial charge >= 0.3 is 0 Å². The van der Waals surface area contributed by atoms with Gasteiger partial charge in [-0.25, -0.2) is 8.42 Å². The van der Waals surface area contributed by atoms with E-state index in [1.165, 1.54) is 10.6 Å². The minimum absolute atomic E-state index is 0.0220. The molecule has 0 saturated carbocycles. The van der Waals surface area contributed by atoms with Gasteiger partial charge in [0.25, 0.3) is 0 Å². The summed E-state index contributed by atoms with van der Waals surface area (Å²) in [5.41, 5.74) is 0. The first-order valence-corrected chi connectivity index (χ1v) is 6.48. The van der Waals surface area contributed by atoms with E-state index in [-0.39, 0.29) is 12.6 Å². The molecule has 0 amide bonds. The zero-order chi connectivity index (χ0) is 9.90. The zero-order valence-electron chi connectivity index (χ0n) is 7.94. The lowest BCUT2D eigenvalue weighted by Crippen LogP contribution is -2.43. The van der Waals surface area contributed by atoms with Crippen LogP contribution in [0.1, 0.15) is 25.7 Å². The van der Waals surface area contributed by atoms with Gasteiger partial charge in [-0.3, -0.25) is 0 Å². The van der Waals surface area contributed by atoms with Crippen LogP contribution in [0, 0.1) is 0 Å². The quantitative estimate of drug-likeness (QED) is 0.718. The summed E-state index contributed by atoms with van der Waals surface area (Å²) in [6.45, 7) is 0.681. The Kier molecular flexibility index (Phi) is 3.70. The van der Waals surface area contributed by atoms with Gasteiger partial charge in [-0.2, -0.15) is 4.31 Å². The maximum atomic E-state index is 11.3. The summed E-state index contributed by atoms with van der Waals surface area (Å²) >= 11 is 0. The first-order valence-electron chi connectivity index (χ1n) is 4.63. The van der Waals surface area contributed by atoms with Gasteiger partial charge < -0.3 is 5.11 Å². The van der Waals surface area contributed by atoms with Crippen LogP contribution in [-0.2, 0) is 10.0 Å². The number of rotatable bonds is 3. The smallest absolute Gasteiger partial charge is 0.211 e. The molecule has 5 heteroatoms. The van der Waals surface area contributed by atoms with Crippen molar-refractivity contribution in [3.63, 3.8) is 0 Å². The van der Waals surface area contributed by atoms with E-state index in [4.69, 9.17) is 5.11 Å². The molecule has 1 atom stereocenters. The normalized spacial score (nSPS) is 26.2. The molecule has 0 bridgehead atoms. The van der Waals surface area contributed by atoms with Gasteiger partial charge in [-0.1, -0.05) is 6.42 Å². The fraction of sp³-hybridized carbons (Fsp3) is 1.00. The second-order valence-corrected chi connectivity index (χ2v) is 5.47. The van der Waals surface area contributed by atoms with Crippen molar-refractivity contribution in [2.75, 3.05) is 19.4 Å². The topological polar surface area (TPSA) is 57.6 Å². The Hall–Kier alpha value is -0.130. The van der Waals surface area contributed by atoms with Crippen molar-refractivity contribution < 1.29 is 13.5 Å². The molecule has 1 N–H and O–H groups in total. The van der Waals surface area contributed by atoms with Crippen molar-refractivity contribution in [1.82, 2.24) is 4.31 Å². The highest BCUT2D eigenvalue weighted by Gasteiger charge is 2.28. The largest absolute Gasteiger partial charge is 0.396 e. The average Bonchev–Trinajstić information content (AvgIpc) is 2.04. The molecule has 1 fully saturated rings. The van der Waals surface area contributed by atoms with Crippen LogP contribution < -0.4 is 0 Å². The molecule has 1 aliphatic rings. The Morgan fingerprint density at radius 2 is 2.15 bits per heavy atom. The molecule has 0 spiro atoms. The van der Waals surface area contributed by atoms with Crippen molar-refractivity contribution >= 4 is 10.0 Å². The van der Waals surface area contributed by atoms with Crippen LogP contribution in [0.4, 0.5) is 0 Å². The van der Waals surface area contributed by atoms with E-state index >= 15 is 0 Å².